The number of pyridine rings is 1. The van der Waals surface area contributed by atoms with Gasteiger partial charge in [-0.05, 0) is 42.7 Å². The van der Waals surface area contributed by atoms with E-state index in [1.807, 2.05) is 42.6 Å². The molecule has 0 fully saturated rings. The van der Waals surface area contributed by atoms with Crippen LogP contribution in [-0.4, -0.2) is 26.9 Å². The molecule has 0 saturated heterocycles. The highest BCUT2D eigenvalue weighted by atomic mass is 32.2. The molecule has 152 valence electrons. The minimum absolute atomic E-state index is 0.212. The number of aryl methyl sites for hydroxylation is 1. The summed E-state index contributed by atoms with van der Waals surface area (Å²) in [6.07, 6.45) is 4.60. The number of methoxy groups -OCH3 is 1. The smallest absolute Gasteiger partial charge is 0.192 e. The number of thioether (sulfide) groups is 1. The Morgan fingerprint density at radius 3 is 2.53 bits per heavy atom. The van der Waals surface area contributed by atoms with Crippen molar-refractivity contribution in [2.45, 2.75) is 30.3 Å². The van der Waals surface area contributed by atoms with Crippen molar-refractivity contribution in [2.24, 2.45) is 0 Å². The number of nitrogens with zero attached hydrogens (tertiary/aromatic N) is 4. The zero-order chi connectivity index (χ0) is 20.8. The fraction of sp³-hybridized carbons (Fsp3) is 0.208. The van der Waals surface area contributed by atoms with E-state index in [4.69, 9.17) is 4.74 Å². The Labute approximate surface area is 181 Å². The van der Waals surface area contributed by atoms with E-state index >= 15 is 0 Å². The summed E-state index contributed by atoms with van der Waals surface area (Å²) in [5.41, 5.74) is 3.40. The Balaban J connectivity index is 1.68. The molecule has 0 radical (unpaired) electrons. The van der Waals surface area contributed by atoms with Crippen LogP contribution in [0.25, 0.3) is 11.4 Å². The number of hydrogen-bond donors (Lipinski definition) is 0. The maximum atomic E-state index is 5.58. The predicted molar refractivity (Wildman–Crippen MR) is 121 cm³/mol. The van der Waals surface area contributed by atoms with Crippen molar-refractivity contribution in [1.82, 2.24) is 19.7 Å². The zero-order valence-electron chi connectivity index (χ0n) is 17.1. The summed E-state index contributed by atoms with van der Waals surface area (Å²) in [6, 6.07) is 22.5. The fourth-order valence-corrected chi connectivity index (χ4v) is 4.32. The highest BCUT2D eigenvalue weighted by Gasteiger charge is 2.20. The summed E-state index contributed by atoms with van der Waals surface area (Å²) in [7, 11) is 1.68. The van der Waals surface area contributed by atoms with Crippen LogP contribution in [0.4, 0.5) is 0 Å². The summed E-state index contributed by atoms with van der Waals surface area (Å²) >= 11 is 1.70. The van der Waals surface area contributed by atoms with Crippen molar-refractivity contribution in [2.75, 3.05) is 7.11 Å². The molecule has 2 aromatic heterocycles. The van der Waals surface area contributed by atoms with Crippen molar-refractivity contribution in [1.29, 1.82) is 0 Å². The number of hydrogen-bond acceptors (Lipinski definition) is 5. The van der Waals surface area contributed by atoms with Crippen LogP contribution in [0.2, 0.25) is 0 Å². The number of ether oxygens (including phenoxy) is 1. The van der Waals surface area contributed by atoms with E-state index in [1.54, 1.807) is 25.1 Å². The molecule has 2 heterocycles. The van der Waals surface area contributed by atoms with E-state index in [0.29, 0.717) is 0 Å². The van der Waals surface area contributed by atoms with Crippen LogP contribution in [-0.2, 0) is 13.0 Å². The quantitative estimate of drug-likeness (QED) is 0.358. The van der Waals surface area contributed by atoms with Crippen LogP contribution in [0.5, 0.6) is 5.75 Å². The molecule has 6 heteroatoms. The van der Waals surface area contributed by atoms with E-state index in [0.717, 1.165) is 35.3 Å². The summed E-state index contributed by atoms with van der Waals surface area (Å²) in [5.74, 6) is 1.62. The minimum atomic E-state index is 0.212. The lowest BCUT2D eigenvalue weighted by atomic mass is 10.1. The summed E-state index contributed by atoms with van der Waals surface area (Å²) in [5, 5.41) is 10.2. The average molecular weight is 417 g/mol. The van der Waals surface area contributed by atoms with Gasteiger partial charge in [0.25, 0.3) is 0 Å². The number of aromatic nitrogens is 4. The minimum Gasteiger partial charge on any atom is -0.496 e. The van der Waals surface area contributed by atoms with Crippen LogP contribution in [0.3, 0.4) is 0 Å². The molecule has 4 aromatic rings. The number of rotatable bonds is 8. The van der Waals surface area contributed by atoms with Crippen LogP contribution < -0.4 is 4.74 Å². The van der Waals surface area contributed by atoms with E-state index < -0.39 is 0 Å². The monoisotopic (exact) mass is 416 g/mol. The summed E-state index contributed by atoms with van der Waals surface area (Å²) < 4.78 is 7.78. The van der Waals surface area contributed by atoms with Gasteiger partial charge in [0.05, 0.1) is 12.7 Å². The summed E-state index contributed by atoms with van der Waals surface area (Å²) in [6.45, 7) is 2.95. The topological polar surface area (TPSA) is 52.8 Å². The molecular formula is C24H24N4OS. The van der Waals surface area contributed by atoms with Gasteiger partial charge < -0.3 is 9.30 Å². The molecule has 1 unspecified atom stereocenters. The zero-order valence-corrected chi connectivity index (χ0v) is 17.9. The highest BCUT2D eigenvalue weighted by molar-refractivity contribution is 7.99. The Morgan fingerprint density at radius 2 is 1.77 bits per heavy atom. The Bertz CT molecular complexity index is 1080. The molecule has 1 atom stereocenters. The van der Waals surface area contributed by atoms with E-state index in [2.05, 4.69) is 57.0 Å². The largest absolute Gasteiger partial charge is 0.496 e. The number of benzene rings is 2. The standard InChI is InChI=1S/C24H24N4OS/c1-18(20-11-8-15-25-17-20)30-24-27-26-23(21-12-6-7-13-22(21)29-2)28(24)16-14-19-9-4-3-5-10-19/h3-13,15,17-18H,14,16H2,1-2H3. The molecule has 2 aromatic carbocycles. The molecule has 0 N–H and O–H groups in total. The van der Waals surface area contributed by atoms with Crippen LogP contribution in [0.15, 0.2) is 84.3 Å². The second-order valence-corrected chi connectivity index (χ2v) is 8.25. The third-order valence-electron chi connectivity index (χ3n) is 4.97. The fourth-order valence-electron chi connectivity index (χ4n) is 3.33. The predicted octanol–water partition coefficient (Wildman–Crippen LogP) is 5.44. The average Bonchev–Trinajstić information content (AvgIpc) is 3.21. The molecule has 0 amide bonds. The lowest BCUT2D eigenvalue weighted by Crippen LogP contribution is -2.06. The van der Waals surface area contributed by atoms with Crippen molar-refractivity contribution in [3.8, 4) is 17.1 Å². The number of para-hydroxylation sites is 1. The van der Waals surface area contributed by atoms with Gasteiger partial charge in [-0.2, -0.15) is 0 Å². The van der Waals surface area contributed by atoms with Gasteiger partial charge in [0, 0.05) is 24.2 Å². The second-order valence-electron chi connectivity index (χ2n) is 6.94. The molecule has 0 bridgehead atoms. The summed E-state index contributed by atoms with van der Waals surface area (Å²) in [4.78, 5) is 4.25. The third-order valence-corrected chi connectivity index (χ3v) is 6.11. The van der Waals surface area contributed by atoms with Gasteiger partial charge in [-0.3, -0.25) is 4.98 Å². The highest BCUT2D eigenvalue weighted by Crippen LogP contribution is 2.36. The maximum absolute atomic E-state index is 5.58. The van der Waals surface area contributed by atoms with Crippen LogP contribution in [0.1, 0.15) is 23.3 Å². The molecule has 0 aliphatic rings. The van der Waals surface area contributed by atoms with E-state index in [9.17, 15) is 0 Å². The van der Waals surface area contributed by atoms with Gasteiger partial charge in [0.15, 0.2) is 11.0 Å². The van der Waals surface area contributed by atoms with Crippen molar-refractivity contribution >= 4 is 11.8 Å². The van der Waals surface area contributed by atoms with Gasteiger partial charge in [-0.15, -0.1) is 10.2 Å². The first-order valence-corrected chi connectivity index (χ1v) is 10.8. The molecule has 30 heavy (non-hydrogen) atoms. The van der Waals surface area contributed by atoms with Gasteiger partial charge in [0.2, 0.25) is 0 Å². The third kappa shape index (κ3) is 4.54. The molecule has 0 spiro atoms. The van der Waals surface area contributed by atoms with Crippen molar-refractivity contribution in [3.63, 3.8) is 0 Å². The Hall–Kier alpha value is -3.12. The van der Waals surface area contributed by atoms with E-state index in [-0.39, 0.29) is 5.25 Å². The lowest BCUT2D eigenvalue weighted by molar-refractivity contribution is 0.415. The lowest BCUT2D eigenvalue weighted by Gasteiger charge is -2.15. The first-order valence-electron chi connectivity index (χ1n) is 9.93. The van der Waals surface area contributed by atoms with Gasteiger partial charge in [-0.25, -0.2) is 0 Å². The molecular weight excluding hydrogens is 392 g/mol. The SMILES string of the molecule is COc1ccccc1-c1nnc(SC(C)c2cccnc2)n1CCc1ccccc1. The van der Waals surface area contributed by atoms with Crippen molar-refractivity contribution in [3.05, 3.63) is 90.3 Å². The molecule has 5 nitrogen and oxygen atoms in total. The molecule has 4 rings (SSSR count). The Kier molecular flexibility index (Phi) is 6.44. The van der Waals surface area contributed by atoms with Crippen LogP contribution >= 0.6 is 11.8 Å². The Morgan fingerprint density at radius 1 is 0.967 bits per heavy atom. The van der Waals surface area contributed by atoms with Gasteiger partial charge in [-0.1, -0.05) is 60.3 Å². The maximum Gasteiger partial charge on any atom is 0.192 e. The van der Waals surface area contributed by atoms with Crippen molar-refractivity contribution < 1.29 is 4.74 Å². The normalized spacial score (nSPS) is 11.9. The van der Waals surface area contributed by atoms with Gasteiger partial charge in [0.1, 0.15) is 5.75 Å². The first kappa shape index (κ1) is 20.2. The van der Waals surface area contributed by atoms with Gasteiger partial charge >= 0.3 is 0 Å². The molecule has 0 aliphatic carbocycles. The second kappa shape index (κ2) is 9.59. The molecule has 0 aliphatic heterocycles. The van der Waals surface area contributed by atoms with Crippen LogP contribution in [0, 0.1) is 0 Å². The van der Waals surface area contributed by atoms with E-state index in [1.165, 1.54) is 11.1 Å². The first-order chi connectivity index (χ1) is 14.8. The molecule has 0 saturated carbocycles.